The molecule has 1 aromatic heterocycles. The smallest absolute Gasteiger partial charge is 0.266 e. The van der Waals surface area contributed by atoms with Gasteiger partial charge in [-0.25, -0.2) is 4.68 Å². The number of benzene rings is 1. The van der Waals surface area contributed by atoms with Crippen LogP contribution in [0, 0.1) is 6.92 Å². The Bertz CT molecular complexity index is 890. The number of nitrogens with zero attached hydrogens (tertiary/aromatic N) is 4. The molecule has 27 heavy (non-hydrogen) atoms. The van der Waals surface area contributed by atoms with Crippen LogP contribution in [0.2, 0.25) is 0 Å². The molecule has 1 fully saturated rings. The zero-order valence-electron chi connectivity index (χ0n) is 15.4. The molecule has 0 saturated carbocycles. The molecule has 0 N–H and O–H groups in total. The largest absolute Gasteiger partial charge is 0.354 e. The van der Waals surface area contributed by atoms with Gasteiger partial charge in [-0.05, 0) is 24.6 Å². The highest BCUT2D eigenvalue weighted by Gasteiger charge is 2.23. The van der Waals surface area contributed by atoms with E-state index in [0.717, 1.165) is 34.2 Å². The van der Waals surface area contributed by atoms with Gasteiger partial charge in [0, 0.05) is 50.6 Å². The number of aryl methyl sites for hydroxylation is 2. The molecule has 8 heteroatoms. The standard InChI is InChI=1S/C19H22N4O2S2/c1-14-12-17(24)21(2)20-16(14)13-27-19(26)23-10-8-22(9-11-23)18(25)15-6-4-3-5-7-15/h3-7,12H,8-11,13H2,1-2H3. The fraction of sp³-hybridized carbons (Fsp3) is 0.368. The number of rotatable bonds is 3. The van der Waals surface area contributed by atoms with Gasteiger partial charge >= 0.3 is 0 Å². The zero-order valence-corrected chi connectivity index (χ0v) is 17.1. The number of aromatic nitrogens is 2. The van der Waals surface area contributed by atoms with E-state index in [0.29, 0.717) is 18.8 Å². The van der Waals surface area contributed by atoms with Crippen LogP contribution < -0.4 is 5.56 Å². The number of hydrogen-bond donors (Lipinski definition) is 0. The van der Waals surface area contributed by atoms with Crippen LogP contribution in [0.15, 0.2) is 41.2 Å². The number of amides is 1. The number of thiocarbonyl (C=S) groups is 1. The van der Waals surface area contributed by atoms with Gasteiger partial charge in [0.15, 0.2) is 0 Å². The molecule has 0 bridgehead atoms. The third-order valence-corrected chi connectivity index (χ3v) is 6.10. The minimum atomic E-state index is -0.108. The van der Waals surface area contributed by atoms with Crippen molar-refractivity contribution >= 4 is 34.2 Å². The maximum Gasteiger partial charge on any atom is 0.266 e. The number of hydrogen-bond acceptors (Lipinski definition) is 5. The van der Waals surface area contributed by atoms with Gasteiger partial charge in [-0.15, -0.1) is 0 Å². The summed E-state index contributed by atoms with van der Waals surface area (Å²) in [6.07, 6.45) is 0. The van der Waals surface area contributed by atoms with Crippen LogP contribution in [0.25, 0.3) is 0 Å². The SMILES string of the molecule is Cc1cc(=O)n(C)nc1CSC(=S)N1CCN(C(=O)c2ccccc2)CC1. The van der Waals surface area contributed by atoms with Crippen LogP contribution in [0.4, 0.5) is 0 Å². The monoisotopic (exact) mass is 402 g/mol. The van der Waals surface area contributed by atoms with Gasteiger partial charge in [-0.1, -0.05) is 42.2 Å². The molecule has 6 nitrogen and oxygen atoms in total. The number of piperazine rings is 1. The molecule has 1 saturated heterocycles. The first-order chi connectivity index (χ1) is 13.0. The van der Waals surface area contributed by atoms with Crippen molar-refractivity contribution in [3.05, 3.63) is 63.6 Å². The summed E-state index contributed by atoms with van der Waals surface area (Å²) in [6, 6.07) is 11.0. The normalized spacial score (nSPS) is 14.3. The predicted molar refractivity (Wildman–Crippen MR) is 112 cm³/mol. The minimum Gasteiger partial charge on any atom is -0.354 e. The number of carbonyl (C=O) groups is 1. The molecule has 0 unspecified atom stereocenters. The second-order valence-electron chi connectivity index (χ2n) is 6.44. The first-order valence-electron chi connectivity index (χ1n) is 8.75. The molecular weight excluding hydrogens is 380 g/mol. The molecule has 1 aromatic carbocycles. The summed E-state index contributed by atoms with van der Waals surface area (Å²) in [6.45, 7) is 4.66. The molecule has 3 rings (SSSR count). The molecule has 0 radical (unpaired) electrons. The maximum atomic E-state index is 12.5. The van der Waals surface area contributed by atoms with Crippen molar-refractivity contribution in [3.63, 3.8) is 0 Å². The van der Waals surface area contributed by atoms with Gasteiger partial charge in [0.1, 0.15) is 4.32 Å². The van der Waals surface area contributed by atoms with Crippen molar-refractivity contribution in [2.75, 3.05) is 26.2 Å². The first-order valence-corrected chi connectivity index (χ1v) is 10.1. The summed E-state index contributed by atoms with van der Waals surface area (Å²) in [5, 5.41) is 4.31. The lowest BCUT2D eigenvalue weighted by atomic mass is 10.2. The highest BCUT2D eigenvalue weighted by atomic mass is 32.2. The van der Waals surface area contributed by atoms with Gasteiger partial charge < -0.3 is 9.80 Å². The van der Waals surface area contributed by atoms with E-state index in [1.165, 1.54) is 4.68 Å². The van der Waals surface area contributed by atoms with Crippen molar-refractivity contribution in [2.45, 2.75) is 12.7 Å². The van der Waals surface area contributed by atoms with Crippen molar-refractivity contribution in [2.24, 2.45) is 7.05 Å². The van der Waals surface area contributed by atoms with E-state index < -0.39 is 0 Å². The third kappa shape index (κ3) is 4.75. The van der Waals surface area contributed by atoms with E-state index in [-0.39, 0.29) is 11.5 Å². The van der Waals surface area contributed by atoms with Crippen molar-refractivity contribution in [3.8, 4) is 0 Å². The van der Waals surface area contributed by atoms with Crippen LogP contribution in [0.3, 0.4) is 0 Å². The second kappa shape index (κ2) is 8.67. The van der Waals surface area contributed by atoms with E-state index in [1.807, 2.05) is 42.2 Å². The Morgan fingerprint density at radius 3 is 2.44 bits per heavy atom. The van der Waals surface area contributed by atoms with E-state index in [1.54, 1.807) is 24.9 Å². The average molecular weight is 403 g/mol. The molecule has 1 aliphatic heterocycles. The predicted octanol–water partition coefficient (Wildman–Crippen LogP) is 2.06. The van der Waals surface area contributed by atoms with Crippen molar-refractivity contribution in [1.29, 1.82) is 0 Å². The molecule has 0 atom stereocenters. The highest BCUT2D eigenvalue weighted by molar-refractivity contribution is 8.22. The van der Waals surface area contributed by atoms with Crippen LogP contribution in [-0.4, -0.2) is 56.0 Å². The summed E-state index contributed by atoms with van der Waals surface area (Å²) in [4.78, 5) is 28.1. The van der Waals surface area contributed by atoms with Gasteiger partial charge in [0.05, 0.1) is 5.69 Å². The lowest BCUT2D eigenvalue weighted by Gasteiger charge is -2.36. The van der Waals surface area contributed by atoms with Gasteiger partial charge in [0.25, 0.3) is 11.5 Å². The first kappa shape index (κ1) is 19.6. The minimum absolute atomic E-state index is 0.0684. The van der Waals surface area contributed by atoms with Crippen LogP contribution in [0.5, 0.6) is 0 Å². The van der Waals surface area contributed by atoms with Crippen LogP contribution in [-0.2, 0) is 12.8 Å². The Balaban J connectivity index is 1.52. The third-order valence-electron chi connectivity index (χ3n) is 4.56. The van der Waals surface area contributed by atoms with Gasteiger partial charge in [-0.3, -0.25) is 9.59 Å². The van der Waals surface area contributed by atoms with E-state index in [4.69, 9.17) is 12.2 Å². The van der Waals surface area contributed by atoms with E-state index >= 15 is 0 Å². The molecule has 2 heterocycles. The fourth-order valence-electron chi connectivity index (χ4n) is 2.89. The molecule has 1 aliphatic rings. The summed E-state index contributed by atoms with van der Waals surface area (Å²) < 4.78 is 2.15. The maximum absolute atomic E-state index is 12.5. The second-order valence-corrected chi connectivity index (χ2v) is 8.04. The van der Waals surface area contributed by atoms with Crippen LogP contribution in [0.1, 0.15) is 21.6 Å². The van der Waals surface area contributed by atoms with E-state index in [9.17, 15) is 9.59 Å². The fourth-order valence-corrected chi connectivity index (χ4v) is 4.16. The van der Waals surface area contributed by atoms with E-state index in [2.05, 4.69) is 10.00 Å². The van der Waals surface area contributed by atoms with Crippen molar-refractivity contribution in [1.82, 2.24) is 19.6 Å². The summed E-state index contributed by atoms with van der Waals surface area (Å²) in [5.74, 6) is 0.695. The Hall–Kier alpha value is -2.19. The Labute approximate surface area is 168 Å². The average Bonchev–Trinajstić information content (AvgIpc) is 2.69. The zero-order chi connectivity index (χ0) is 19.4. The summed E-state index contributed by atoms with van der Waals surface area (Å²) in [5.41, 5.74) is 2.36. The van der Waals surface area contributed by atoms with Gasteiger partial charge in [-0.2, -0.15) is 5.10 Å². The number of thioether (sulfide) groups is 1. The Morgan fingerprint density at radius 2 is 1.78 bits per heavy atom. The molecule has 142 valence electrons. The lowest BCUT2D eigenvalue weighted by molar-refractivity contribution is 0.0695. The lowest BCUT2D eigenvalue weighted by Crippen LogP contribution is -2.49. The molecule has 2 aromatic rings. The summed E-state index contributed by atoms with van der Waals surface area (Å²) >= 11 is 7.11. The molecule has 0 aliphatic carbocycles. The quantitative estimate of drug-likeness (QED) is 0.733. The van der Waals surface area contributed by atoms with Gasteiger partial charge in [0.2, 0.25) is 0 Å². The molecule has 0 spiro atoms. The Morgan fingerprint density at radius 1 is 1.15 bits per heavy atom. The molecule has 1 amide bonds. The molecular formula is C19H22N4O2S2. The number of carbonyl (C=O) groups excluding carboxylic acids is 1. The topological polar surface area (TPSA) is 58.4 Å². The Kier molecular flexibility index (Phi) is 6.28. The summed E-state index contributed by atoms with van der Waals surface area (Å²) in [7, 11) is 1.65. The van der Waals surface area contributed by atoms with Crippen molar-refractivity contribution < 1.29 is 4.79 Å². The highest BCUT2D eigenvalue weighted by Crippen LogP contribution is 2.19. The van der Waals surface area contributed by atoms with Crippen LogP contribution >= 0.6 is 24.0 Å².